The van der Waals surface area contributed by atoms with Crippen LogP contribution in [0.2, 0.25) is 0 Å². The molecule has 1 aliphatic carbocycles. The molecule has 174 valence electrons. The summed E-state index contributed by atoms with van der Waals surface area (Å²) < 4.78 is 2.06. The summed E-state index contributed by atoms with van der Waals surface area (Å²) in [7, 11) is 2.01. The lowest BCUT2D eigenvalue weighted by Crippen LogP contribution is -2.40. The second kappa shape index (κ2) is 9.42. The van der Waals surface area contributed by atoms with Gasteiger partial charge in [0.2, 0.25) is 5.91 Å². The summed E-state index contributed by atoms with van der Waals surface area (Å²) in [5, 5.41) is 10.2. The standard InChI is InChI=1S/C28H30N4O2/c1-31-18-25(21-9-11-32(12-10-21)28(34)22-6-2-3-7-22)24-14-20(17-30-27(24)31)15-26(33)23-8-4-5-19(13-23)16-29/h4-5,8,13-14,17-18,21-22H,2-3,6-7,9-12,15H2,1H3. The predicted octanol–water partition coefficient (Wildman–Crippen LogP) is 4.77. The van der Waals surface area contributed by atoms with Crippen molar-refractivity contribution < 1.29 is 9.59 Å². The number of nitriles is 1. The molecular weight excluding hydrogens is 424 g/mol. The van der Waals surface area contributed by atoms with Gasteiger partial charge in [-0.05, 0) is 60.9 Å². The predicted molar refractivity (Wildman–Crippen MR) is 130 cm³/mol. The van der Waals surface area contributed by atoms with Crippen LogP contribution in [0.5, 0.6) is 0 Å². The molecule has 34 heavy (non-hydrogen) atoms. The van der Waals surface area contributed by atoms with Crippen LogP contribution < -0.4 is 0 Å². The van der Waals surface area contributed by atoms with E-state index in [0.717, 1.165) is 55.4 Å². The van der Waals surface area contributed by atoms with Crippen LogP contribution in [0.4, 0.5) is 0 Å². The third kappa shape index (κ3) is 4.35. The van der Waals surface area contributed by atoms with E-state index >= 15 is 0 Å². The third-order valence-electron chi connectivity index (χ3n) is 7.53. The van der Waals surface area contributed by atoms with E-state index in [4.69, 9.17) is 5.26 Å². The minimum atomic E-state index is -0.0190. The van der Waals surface area contributed by atoms with Gasteiger partial charge in [-0.15, -0.1) is 0 Å². The van der Waals surface area contributed by atoms with E-state index in [0.29, 0.717) is 23.0 Å². The Hall–Kier alpha value is -3.46. The number of hydrogen-bond acceptors (Lipinski definition) is 4. The Labute approximate surface area is 200 Å². The molecule has 1 saturated carbocycles. The van der Waals surface area contributed by atoms with Crippen molar-refractivity contribution in [2.45, 2.75) is 50.9 Å². The number of aromatic nitrogens is 2. The molecule has 5 rings (SSSR count). The van der Waals surface area contributed by atoms with Gasteiger partial charge < -0.3 is 9.47 Å². The Balaban J connectivity index is 1.32. The van der Waals surface area contributed by atoms with Crippen LogP contribution in [0, 0.1) is 17.2 Å². The van der Waals surface area contributed by atoms with Crippen LogP contribution in [0.1, 0.15) is 71.5 Å². The van der Waals surface area contributed by atoms with Crippen LogP contribution in [-0.4, -0.2) is 39.2 Å². The number of carbonyl (C=O) groups excluding carboxylic acids is 2. The van der Waals surface area contributed by atoms with E-state index in [9.17, 15) is 9.59 Å². The van der Waals surface area contributed by atoms with Crippen LogP contribution >= 0.6 is 0 Å². The number of pyridine rings is 1. The summed E-state index contributed by atoms with van der Waals surface area (Å²) >= 11 is 0. The summed E-state index contributed by atoms with van der Waals surface area (Å²) in [4.78, 5) is 32.4. The second-order valence-electron chi connectivity index (χ2n) is 9.78. The molecule has 0 N–H and O–H groups in total. The molecule has 1 amide bonds. The minimum Gasteiger partial charge on any atom is -0.342 e. The molecule has 1 aromatic carbocycles. The number of nitrogens with zero attached hydrogens (tertiary/aromatic N) is 4. The molecule has 1 aliphatic heterocycles. The van der Waals surface area contributed by atoms with Gasteiger partial charge in [0, 0.05) is 55.8 Å². The Morgan fingerprint density at radius 3 is 2.62 bits per heavy atom. The van der Waals surface area contributed by atoms with E-state index in [1.54, 1.807) is 30.5 Å². The van der Waals surface area contributed by atoms with Crippen molar-refractivity contribution in [2.75, 3.05) is 13.1 Å². The molecule has 1 saturated heterocycles. The maximum Gasteiger partial charge on any atom is 0.225 e. The van der Waals surface area contributed by atoms with Crippen molar-refractivity contribution in [3.05, 3.63) is 65.0 Å². The van der Waals surface area contributed by atoms with Crippen LogP contribution in [0.15, 0.2) is 42.7 Å². The van der Waals surface area contributed by atoms with Gasteiger partial charge in [-0.25, -0.2) is 4.98 Å². The SMILES string of the molecule is Cn1cc(C2CCN(C(=O)C3CCCC3)CC2)c2cc(CC(=O)c3cccc(C#N)c3)cnc21. The maximum absolute atomic E-state index is 12.8. The zero-order valence-electron chi connectivity index (χ0n) is 19.7. The van der Waals surface area contributed by atoms with Crippen LogP contribution in [-0.2, 0) is 18.3 Å². The van der Waals surface area contributed by atoms with E-state index in [-0.39, 0.29) is 18.1 Å². The average Bonchev–Trinajstić information content (AvgIpc) is 3.52. The topological polar surface area (TPSA) is 79.0 Å². The van der Waals surface area contributed by atoms with Crippen LogP contribution in [0.3, 0.4) is 0 Å². The number of Topliss-reactive ketones (excluding diaryl/α,β-unsaturated/α-hetero) is 1. The lowest BCUT2D eigenvalue weighted by atomic mass is 9.88. The lowest BCUT2D eigenvalue weighted by molar-refractivity contribution is -0.136. The number of aryl methyl sites for hydroxylation is 1. The Bertz CT molecular complexity index is 1270. The molecule has 6 heteroatoms. The normalized spacial score (nSPS) is 17.2. The van der Waals surface area contributed by atoms with Gasteiger partial charge in [-0.2, -0.15) is 5.26 Å². The van der Waals surface area contributed by atoms with Crippen molar-refractivity contribution in [1.82, 2.24) is 14.5 Å². The molecule has 0 bridgehead atoms. The van der Waals surface area contributed by atoms with Crippen molar-refractivity contribution >= 4 is 22.7 Å². The van der Waals surface area contributed by atoms with Crippen molar-refractivity contribution in [1.29, 1.82) is 5.26 Å². The van der Waals surface area contributed by atoms with Crippen molar-refractivity contribution in [3.63, 3.8) is 0 Å². The van der Waals surface area contributed by atoms with Gasteiger partial charge >= 0.3 is 0 Å². The fraction of sp³-hybridized carbons (Fsp3) is 0.429. The molecule has 2 aliphatic rings. The molecule has 2 aromatic heterocycles. The Kier molecular flexibility index (Phi) is 6.19. The van der Waals surface area contributed by atoms with Crippen molar-refractivity contribution in [3.8, 4) is 6.07 Å². The quantitative estimate of drug-likeness (QED) is 0.521. The molecule has 3 heterocycles. The minimum absolute atomic E-state index is 0.0190. The zero-order chi connectivity index (χ0) is 23.7. The van der Waals surface area contributed by atoms with Gasteiger partial charge in [-0.3, -0.25) is 9.59 Å². The van der Waals surface area contributed by atoms with Gasteiger partial charge in [0.1, 0.15) is 5.65 Å². The summed E-state index contributed by atoms with van der Waals surface area (Å²) in [5.41, 5.74) is 4.09. The van der Waals surface area contributed by atoms with E-state index < -0.39 is 0 Å². The molecule has 0 spiro atoms. The fourth-order valence-electron chi connectivity index (χ4n) is 5.65. The molecule has 0 radical (unpaired) electrons. The smallest absolute Gasteiger partial charge is 0.225 e. The van der Waals surface area contributed by atoms with Gasteiger partial charge in [0.15, 0.2) is 5.78 Å². The largest absolute Gasteiger partial charge is 0.342 e. The van der Waals surface area contributed by atoms with Gasteiger partial charge in [-0.1, -0.05) is 25.0 Å². The highest BCUT2D eigenvalue weighted by Crippen LogP contribution is 2.35. The highest BCUT2D eigenvalue weighted by atomic mass is 16.2. The molecule has 0 unspecified atom stereocenters. The molecule has 6 nitrogen and oxygen atoms in total. The van der Waals surface area contributed by atoms with Crippen molar-refractivity contribution in [2.24, 2.45) is 13.0 Å². The first-order valence-electron chi connectivity index (χ1n) is 12.3. The Morgan fingerprint density at radius 1 is 1.12 bits per heavy atom. The lowest BCUT2D eigenvalue weighted by Gasteiger charge is -2.33. The first kappa shape index (κ1) is 22.3. The van der Waals surface area contributed by atoms with E-state index in [1.165, 1.54) is 18.4 Å². The number of fused-ring (bicyclic) bond motifs is 1. The van der Waals surface area contributed by atoms with Crippen LogP contribution in [0.25, 0.3) is 11.0 Å². The molecular formula is C28H30N4O2. The number of carbonyl (C=O) groups is 2. The zero-order valence-corrected chi connectivity index (χ0v) is 19.7. The number of amides is 1. The van der Waals surface area contributed by atoms with Gasteiger partial charge in [0.05, 0.1) is 11.6 Å². The van der Waals surface area contributed by atoms with E-state index in [1.807, 2.05) is 7.05 Å². The van der Waals surface area contributed by atoms with E-state index in [2.05, 4.69) is 32.8 Å². The maximum atomic E-state index is 12.8. The number of ketones is 1. The third-order valence-corrected chi connectivity index (χ3v) is 7.53. The number of likely N-dealkylation sites (tertiary alicyclic amines) is 1. The fourth-order valence-corrected chi connectivity index (χ4v) is 5.65. The van der Waals surface area contributed by atoms with Gasteiger partial charge in [0.25, 0.3) is 0 Å². The number of rotatable bonds is 5. The monoisotopic (exact) mass is 454 g/mol. The second-order valence-corrected chi connectivity index (χ2v) is 9.78. The summed E-state index contributed by atoms with van der Waals surface area (Å²) in [6, 6.07) is 11.0. The average molecular weight is 455 g/mol. The highest BCUT2D eigenvalue weighted by Gasteiger charge is 2.31. The summed E-state index contributed by atoms with van der Waals surface area (Å²) in [6.07, 6.45) is 10.6. The summed E-state index contributed by atoms with van der Waals surface area (Å²) in [6.45, 7) is 1.63. The number of piperidine rings is 1. The number of hydrogen-bond donors (Lipinski definition) is 0. The highest BCUT2D eigenvalue weighted by molar-refractivity contribution is 5.98. The first-order valence-corrected chi connectivity index (χ1v) is 12.3. The Morgan fingerprint density at radius 2 is 1.88 bits per heavy atom. The first-order chi connectivity index (χ1) is 16.5. The molecule has 2 fully saturated rings. The summed E-state index contributed by atoms with van der Waals surface area (Å²) in [5.74, 6) is 0.968. The molecule has 0 atom stereocenters. The number of benzene rings is 1. The molecule has 3 aromatic rings.